The van der Waals surface area contributed by atoms with Gasteiger partial charge in [-0.3, -0.25) is 4.79 Å². The van der Waals surface area contributed by atoms with Gasteiger partial charge < -0.3 is 63.8 Å². The molecule has 3 aliphatic heterocycles. The van der Waals surface area contributed by atoms with E-state index < -0.39 is 120 Å². The van der Waals surface area contributed by atoms with Gasteiger partial charge in [-0.25, -0.2) is 9.07 Å². The minimum atomic E-state index is -1.83. The number of benzene rings is 1. The van der Waals surface area contributed by atoms with E-state index in [1.807, 2.05) is 56.8 Å². The predicted octanol–water partition coefficient (Wildman–Crippen LogP) is 4.26. The van der Waals surface area contributed by atoms with Crippen molar-refractivity contribution < 1.29 is 63.1 Å². The fourth-order valence-electron chi connectivity index (χ4n) is 11.8. The van der Waals surface area contributed by atoms with Crippen LogP contribution < -0.4 is 0 Å². The fourth-order valence-corrected chi connectivity index (χ4v) is 11.8. The van der Waals surface area contributed by atoms with Crippen LogP contribution >= 0.6 is 0 Å². The Hall–Kier alpha value is -3.16. The summed E-state index contributed by atoms with van der Waals surface area (Å²) in [4.78, 5) is 18.6. The zero-order valence-corrected chi connectivity index (χ0v) is 44.6. The van der Waals surface area contributed by atoms with Gasteiger partial charge in [-0.1, -0.05) is 51.0 Å². The van der Waals surface area contributed by atoms with Crippen molar-refractivity contribution in [2.75, 3.05) is 48.1 Å². The quantitative estimate of drug-likeness (QED) is 0.132. The number of likely N-dealkylation sites (N-methyl/N-ethyl adjacent to an activating group) is 2. The number of carbonyl (C=O) groups is 1. The summed E-state index contributed by atoms with van der Waals surface area (Å²) in [7, 11) is 6.77. The van der Waals surface area contributed by atoms with Gasteiger partial charge in [0.25, 0.3) is 0 Å². The number of ether oxygens (including phenoxy) is 6. The van der Waals surface area contributed by atoms with Gasteiger partial charge in [-0.05, 0) is 104 Å². The lowest BCUT2D eigenvalue weighted by Crippen LogP contribution is -2.62. The Morgan fingerprint density at radius 1 is 1.01 bits per heavy atom. The van der Waals surface area contributed by atoms with Crippen LogP contribution in [0.15, 0.2) is 30.5 Å². The number of nitrogens with zero attached hydrogens (tertiary/aromatic N) is 5. The van der Waals surface area contributed by atoms with Gasteiger partial charge in [-0.15, -0.1) is 11.5 Å². The molecule has 3 fully saturated rings. The zero-order valence-electron chi connectivity index (χ0n) is 44.6. The molecule has 5 rings (SSSR count). The van der Waals surface area contributed by atoms with E-state index in [0.29, 0.717) is 37.2 Å². The lowest BCUT2D eigenvalue weighted by atomic mass is 9.68. The molecule has 3 saturated heterocycles. The number of carbonyl (C=O) groups excluding carboxylic acids is 1. The van der Waals surface area contributed by atoms with Crippen LogP contribution in [0.3, 0.4) is 0 Å². The molecule has 0 amide bonds. The van der Waals surface area contributed by atoms with Gasteiger partial charge in [-0.2, -0.15) is 0 Å². The molecule has 18 heteroatoms. The second kappa shape index (κ2) is 24.5. The number of rotatable bonds is 14. The van der Waals surface area contributed by atoms with E-state index in [1.54, 1.807) is 59.9 Å². The molecule has 0 aliphatic carbocycles. The highest BCUT2D eigenvalue weighted by Crippen LogP contribution is 2.45. The third kappa shape index (κ3) is 13.2. The summed E-state index contributed by atoms with van der Waals surface area (Å²) in [5.74, 6) is -0.665. The summed E-state index contributed by atoms with van der Waals surface area (Å²) in [5, 5.41) is 68.8. The number of terminal acetylenes is 1. The molecule has 0 saturated carbocycles. The first-order chi connectivity index (χ1) is 33.3. The largest absolute Gasteiger partial charge is 0.459 e. The number of aliphatic hydroxyl groups excluding tert-OH is 3. The molecule has 5 N–H and O–H groups in total. The number of cyclic esters (lactones) is 1. The minimum Gasteiger partial charge on any atom is -0.459 e. The number of hydrogen-bond donors (Lipinski definition) is 5. The average molecular weight is 1000 g/mol. The maximum Gasteiger partial charge on any atom is 0.309 e. The highest BCUT2D eigenvalue weighted by atomic mass is 19.1. The van der Waals surface area contributed by atoms with Crippen LogP contribution in [-0.2, 0) is 39.6 Å². The van der Waals surface area contributed by atoms with Crippen LogP contribution in [-0.4, -0.2) is 188 Å². The number of esters is 1. The molecule has 2 aromatic rings. The van der Waals surface area contributed by atoms with Crippen LogP contribution in [0.2, 0.25) is 0 Å². The summed E-state index contributed by atoms with van der Waals surface area (Å²) >= 11 is 0. The molecule has 402 valence electrons. The van der Waals surface area contributed by atoms with Crippen molar-refractivity contribution in [3.63, 3.8) is 0 Å². The number of alkyl halides is 1. The summed E-state index contributed by atoms with van der Waals surface area (Å²) < 4.78 is 54.1. The molecule has 4 heterocycles. The minimum absolute atomic E-state index is 0.172. The first-order valence-corrected chi connectivity index (χ1v) is 25.5. The number of aromatic nitrogens is 3. The molecule has 3 aliphatic rings. The monoisotopic (exact) mass is 1000 g/mol. The van der Waals surface area contributed by atoms with E-state index in [-0.39, 0.29) is 31.3 Å². The average Bonchev–Trinajstić information content (AvgIpc) is 3.80. The van der Waals surface area contributed by atoms with Crippen LogP contribution in [0.1, 0.15) is 124 Å². The molecule has 1 aromatic heterocycles. The SMILES string of the molecule is C#Cc1ccc([C@@H](OC)[C@@H](CF)n2cc(CCN(C)[C@H]3C[C@@H](C)O[C@@H](O[C@@H]4[C@@H](C)[C@H](C5C[C@@](C)(OC)[C@@H](O)[C@H](C)O5)[C@@H](C)C(=O)O[C@H](CC)[C@@](C)(O)[C@H](O)[C@@H](C)N(C)C[C@H](C)C[C@@]4(C)O)[C@@H]3O)nn2)cc1. The highest BCUT2D eigenvalue weighted by molar-refractivity contribution is 5.73. The number of methoxy groups -OCH3 is 2. The van der Waals surface area contributed by atoms with Gasteiger partial charge in [0.15, 0.2) is 6.29 Å². The van der Waals surface area contributed by atoms with Crippen molar-refractivity contribution in [3.8, 4) is 12.3 Å². The fraction of sp³-hybridized carbons (Fsp3) is 0.792. The Bertz CT molecular complexity index is 2040. The van der Waals surface area contributed by atoms with E-state index in [1.165, 1.54) is 25.8 Å². The Morgan fingerprint density at radius 3 is 2.27 bits per heavy atom. The van der Waals surface area contributed by atoms with E-state index >= 15 is 0 Å². The third-order valence-electron chi connectivity index (χ3n) is 16.2. The second-order valence-corrected chi connectivity index (χ2v) is 21.9. The maximum absolute atomic E-state index is 14.7. The van der Waals surface area contributed by atoms with Crippen molar-refractivity contribution in [1.82, 2.24) is 24.8 Å². The molecule has 17 nitrogen and oxygen atoms in total. The lowest BCUT2D eigenvalue weighted by molar-refractivity contribution is -0.302. The molecule has 0 spiro atoms. The molecule has 71 heavy (non-hydrogen) atoms. The highest BCUT2D eigenvalue weighted by Gasteiger charge is 2.55. The molecule has 1 aromatic carbocycles. The molecular formula is C53H86FN5O12. The van der Waals surface area contributed by atoms with Crippen molar-refractivity contribution in [2.24, 2.45) is 23.7 Å². The summed E-state index contributed by atoms with van der Waals surface area (Å²) in [6, 6.07) is 5.35. The third-order valence-corrected chi connectivity index (χ3v) is 16.2. The topological polar surface area (TPSA) is 211 Å². The normalized spacial score (nSPS) is 40.3. The van der Waals surface area contributed by atoms with E-state index in [2.05, 4.69) is 16.2 Å². The Morgan fingerprint density at radius 2 is 1.68 bits per heavy atom. The lowest BCUT2D eigenvalue weighted by Gasteiger charge is -2.51. The van der Waals surface area contributed by atoms with Crippen LogP contribution in [0.5, 0.6) is 0 Å². The van der Waals surface area contributed by atoms with Crippen molar-refractivity contribution >= 4 is 5.97 Å². The molecule has 0 bridgehead atoms. The number of halogens is 1. The zero-order chi connectivity index (χ0) is 52.9. The number of aliphatic hydroxyl groups is 5. The smallest absolute Gasteiger partial charge is 0.309 e. The molecular weight excluding hydrogens is 918 g/mol. The second-order valence-electron chi connectivity index (χ2n) is 21.9. The predicted molar refractivity (Wildman–Crippen MR) is 265 cm³/mol. The Labute approximate surface area is 421 Å². The summed E-state index contributed by atoms with van der Waals surface area (Å²) in [6.45, 7) is 17.9. The number of hydrogen-bond acceptors (Lipinski definition) is 16. The van der Waals surface area contributed by atoms with Crippen LogP contribution in [0.4, 0.5) is 4.39 Å². The van der Waals surface area contributed by atoms with Gasteiger partial charge in [0.05, 0.1) is 47.2 Å². The van der Waals surface area contributed by atoms with Crippen molar-refractivity contribution in [3.05, 3.63) is 47.3 Å². The van der Waals surface area contributed by atoms with E-state index in [9.17, 15) is 34.7 Å². The summed E-state index contributed by atoms with van der Waals surface area (Å²) in [5.41, 5.74) is -2.46. The molecule has 0 radical (unpaired) electrons. The Balaban J connectivity index is 1.46. The summed E-state index contributed by atoms with van der Waals surface area (Å²) in [6.07, 6.45) is -0.708. The van der Waals surface area contributed by atoms with Gasteiger partial charge >= 0.3 is 5.97 Å². The van der Waals surface area contributed by atoms with Crippen LogP contribution in [0.25, 0.3) is 0 Å². The van der Waals surface area contributed by atoms with Crippen molar-refractivity contribution in [1.29, 1.82) is 0 Å². The first kappa shape index (κ1) is 58.7. The van der Waals surface area contributed by atoms with E-state index in [0.717, 1.165) is 5.56 Å². The van der Waals surface area contributed by atoms with Crippen LogP contribution in [0, 0.1) is 36.0 Å². The Kier molecular flexibility index (Phi) is 20.2. The molecule has 1 unspecified atom stereocenters. The first-order valence-electron chi connectivity index (χ1n) is 25.5. The molecule has 20 atom stereocenters. The van der Waals surface area contributed by atoms with Crippen molar-refractivity contribution in [2.45, 2.75) is 197 Å². The maximum atomic E-state index is 14.7. The van der Waals surface area contributed by atoms with Gasteiger partial charge in [0.2, 0.25) is 0 Å². The standard InChI is InChI=1S/C53H86FN5O12/c1-16-36-18-20-37(21-19-36)45(66-14)40(27-54)59-29-38(55-56-59)22-23-57(12)39-24-31(4)68-50(44(39)60)71-48-32(5)43(41-26-52(10,67-15)47(62)35(8)69-41)33(6)49(63)70-42(17-2)53(11,65)46(61)34(7)58(13)28-30(3)25-51(48,9)64/h1,18-21,29-35,39-48,50,60-62,64-65H,17,22-28H2,2-15H3/t30-,31-,32+,33-,34-,35+,39+,40-,41?,42-,43+,44-,45-,46-,47+,48-,50+,51-,52-,53-/m1/s1. The van der Waals surface area contributed by atoms with Gasteiger partial charge in [0, 0.05) is 69.9 Å². The van der Waals surface area contributed by atoms with E-state index in [4.69, 9.17) is 34.8 Å². The van der Waals surface area contributed by atoms with Gasteiger partial charge in [0.1, 0.15) is 48.8 Å².